The number of methoxy groups -OCH3 is 1. The lowest BCUT2D eigenvalue weighted by molar-refractivity contribution is 0.0818. The van der Waals surface area contributed by atoms with Gasteiger partial charge in [0, 0.05) is 5.56 Å². The molecule has 4 heteroatoms. The molecule has 1 unspecified atom stereocenters. The zero-order valence-corrected chi connectivity index (χ0v) is 12.2. The number of ether oxygens (including phenoxy) is 2. The Balaban J connectivity index is 2.09. The van der Waals surface area contributed by atoms with Crippen LogP contribution in [0.2, 0.25) is 0 Å². The molecule has 2 aromatic carbocycles. The second-order valence-electron chi connectivity index (χ2n) is 4.76. The minimum atomic E-state index is -0.650. The molecule has 2 rings (SSSR count). The minimum Gasteiger partial charge on any atom is -0.497 e. The number of Topliss-reactive ketones (excluding diaryl/α,β-unsaturated/α-hetero) is 1. The molecule has 0 saturated heterocycles. The van der Waals surface area contributed by atoms with Gasteiger partial charge in [0.15, 0.2) is 6.10 Å². The van der Waals surface area contributed by atoms with E-state index in [2.05, 4.69) is 0 Å². The summed E-state index contributed by atoms with van der Waals surface area (Å²) in [7, 11) is 1.57. The van der Waals surface area contributed by atoms with Gasteiger partial charge in [0.1, 0.15) is 17.3 Å². The number of hydrogen-bond donors (Lipinski definition) is 0. The fourth-order valence-corrected chi connectivity index (χ4v) is 1.94. The third-order valence-corrected chi connectivity index (χ3v) is 3.19. The van der Waals surface area contributed by atoms with Gasteiger partial charge in [0.2, 0.25) is 5.78 Å². The quantitative estimate of drug-likeness (QED) is 0.785. The van der Waals surface area contributed by atoms with Crippen molar-refractivity contribution in [3.05, 3.63) is 59.4 Å². The first kappa shape index (κ1) is 15.0. The fourth-order valence-electron chi connectivity index (χ4n) is 1.94. The molecule has 0 aromatic heterocycles. The van der Waals surface area contributed by atoms with Crippen LogP contribution in [-0.4, -0.2) is 19.0 Å². The summed E-state index contributed by atoms with van der Waals surface area (Å²) in [4.78, 5) is 12.3. The highest BCUT2D eigenvalue weighted by atomic mass is 19.1. The summed E-state index contributed by atoms with van der Waals surface area (Å²) >= 11 is 0. The molecular weight excluding hydrogens is 271 g/mol. The molecule has 0 spiro atoms. The maximum atomic E-state index is 13.2. The van der Waals surface area contributed by atoms with Gasteiger partial charge >= 0.3 is 0 Å². The predicted octanol–water partition coefficient (Wildman–Crippen LogP) is 3.79. The van der Waals surface area contributed by atoms with Crippen LogP contribution < -0.4 is 9.47 Å². The summed E-state index contributed by atoms with van der Waals surface area (Å²) in [6, 6.07) is 11.3. The maximum absolute atomic E-state index is 13.2. The van der Waals surface area contributed by atoms with E-state index in [1.54, 1.807) is 51.3 Å². The third-order valence-electron chi connectivity index (χ3n) is 3.19. The number of aryl methyl sites for hydroxylation is 1. The second-order valence-corrected chi connectivity index (χ2v) is 4.76. The highest BCUT2D eigenvalue weighted by molar-refractivity contribution is 5.99. The Bertz CT molecular complexity index is 635. The van der Waals surface area contributed by atoms with Crippen molar-refractivity contribution in [2.75, 3.05) is 7.11 Å². The summed E-state index contributed by atoms with van der Waals surface area (Å²) in [5.41, 5.74) is 1.03. The molecule has 110 valence electrons. The molecule has 0 saturated carbocycles. The molecule has 0 aliphatic carbocycles. The minimum absolute atomic E-state index is 0.139. The zero-order valence-electron chi connectivity index (χ0n) is 12.2. The van der Waals surface area contributed by atoms with Gasteiger partial charge in [0.05, 0.1) is 7.11 Å². The van der Waals surface area contributed by atoms with Crippen molar-refractivity contribution in [3.63, 3.8) is 0 Å². The lowest BCUT2D eigenvalue weighted by Gasteiger charge is -2.14. The average Bonchev–Trinajstić information content (AvgIpc) is 2.50. The number of rotatable bonds is 5. The summed E-state index contributed by atoms with van der Waals surface area (Å²) in [5.74, 6) is 0.730. The number of hydrogen-bond acceptors (Lipinski definition) is 3. The van der Waals surface area contributed by atoms with Gasteiger partial charge in [-0.1, -0.05) is 0 Å². The van der Waals surface area contributed by atoms with E-state index >= 15 is 0 Å². The Morgan fingerprint density at radius 2 is 1.71 bits per heavy atom. The van der Waals surface area contributed by atoms with Crippen molar-refractivity contribution in [2.45, 2.75) is 20.0 Å². The molecule has 0 fully saturated rings. The van der Waals surface area contributed by atoms with Crippen LogP contribution in [0.3, 0.4) is 0 Å². The van der Waals surface area contributed by atoms with Crippen molar-refractivity contribution in [1.29, 1.82) is 0 Å². The molecular formula is C17H17FO3. The van der Waals surface area contributed by atoms with E-state index in [-0.39, 0.29) is 11.6 Å². The number of ketones is 1. The first-order chi connectivity index (χ1) is 10.0. The smallest absolute Gasteiger partial charge is 0.202 e. The summed E-state index contributed by atoms with van der Waals surface area (Å²) in [6.45, 7) is 3.32. The van der Waals surface area contributed by atoms with E-state index in [4.69, 9.17) is 9.47 Å². The highest BCUT2D eigenvalue weighted by Gasteiger charge is 2.17. The van der Waals surface area contributed by atoms with Crippen LogP contribution in [0, 0.1) is 12.7 Å². The Kier molecular flexibility index (Phi) is 4.58. The SMILES string of the molecule is COc1ccc(C(=O)C(C)Oc2ccc(F)c(C)c2)cc1. The van der Waals surface area contributed by atoms with E-state index in [9.17, 15) is 9.18 Å². The van der Waals surface area contributed by atoms with E-state index in [1.165, 1.54) is 12.1 Å². The highest BCUT2D eigenvalue weighted by Crippen LogP contribution is 2.19. The van der Waals surface area contributed by atoms with Crippen molar-refractivity contribution in [2.24, 2.45) is 0 Å². The largest absolute Gasteiger partial charge is 0.497 e. The fraction of sp³-hybridized carbons (Fsp3) is 0.235. The van der Waals surface area contributed by atoms with Gasteiger partial charge in [-0.15, -0.1) is 0 Å². The molecule has 1 atom stereocenters. The molecule has 0 heterocycles. The molecule has 21 heavy (non-hydrogen) atoms. The monoisotopic (exact) mass is 288 g/mol. The standard InChI is InChI=1S/C17H17FO3/c1-11-10-15(8-9-16(11)18)21-12(2)17(19)13-4-6-14(20-3)7-5-13/h4-10,12H,1-3H3. The molecule has 0 radical (unpaired) electrons. The van der Waals surface area contributed by atoms with Crippen LogP contribution >= 0.6 is 0 Å². The van der Waals surface area contributed by atoms with E-state index in [0.717, 1.165) is 0 Å². The third kappa shape index (κ3) is 3.60. The van der Waals surface area contributed by atoms with E-state index in [1.807, 2.05) is 0 Å². The molecule has 0 N–H and O–H groups in total. The van der Waals surface area contributed by atoms with Gasteiger partial charge in [0.25, 0.3) is 0 Å². The number of carbonyl (C=O) groups excluding carboxylic acids is 1. The van der Waals surface area contributed by atoms with Crippen molar-refractivity contribution in [3.8, 4) is 11.5 Å². The van der Waals surface area contributed by atoms with Crippen molar-refractivity contribution in [1.82, 2.24) is 0 Å². The Morgan fingerprint density at radius 3 is 2.29 bits per heavy atom. The van der Waals surface area contributed by atoms with Crippen LogP contribution in [0.1, 0.15) is 22.8 Å². The molecule has 0 aliphatic rings. The predicted molar refractivity (Wildman–Crippen MR) is 78.6 cm³/mol. The molecule has 3 nitrogen and oxygen atoms in total. The van der Waals surface area contributed by atoms with Gasteiger partial charge in [-0.25, -0.2) is 4.39 Å². The van der Waals surface area contributed by atoms with Crippen LogP contribution in [0.25, 0.3) is 0 Å². The molecule has 0 bridgehead atoms. The van der Waals surface area contributed by atoms with Crippen LogP contribution in [0.5, 0.6) is 11.5 Å². The summed E-state index contributed by atoms with van der Waals surface area (Å²) in [5, 5.41) is 0. The molecule has 0 amide bonds. The normalized spacial score (nSPS) is 11.8. The molecule has 2 aromatic rings. The lowest BCUT2D eigenvalue weighted by Crippen LogP contribution is -2.23. The summed E-state index contributed by atoms with van der Waals surface area (Å²) < 4.78 is 23.8. The Hall–Kier alpha value is -2.36. The topological polar surface area (TPSA) is 35.5 Å². The number of benzene rings is 2. The maximum Gasteiger partial charge on any atom is 0.202 e. The van der Waals surface area contributed by atoms with Gasteiger partial charge in [-0.2, -0.15) is 0 Å². The van der Waals surface area contributed by atoms with Crippen molar-refractivity contribution >= 4 is 5.78 Å². The first-order valence-electron chi connectivity index (χ1n) is 6.62. The van der Waals surface area contributed by atoms with Gasteiger partial charge in [-0.05, 0) is 61.9 Å². The van der Waals surface area contributed by atoms with Crippen LogP contribution in [0.15, 0.2) is 42.5 Å². The first-order valence-corrected chi connectivity index (χ1v) is 6.62. The van der Waals surface area contributed by atoms with Crippen LogP contribution in [0.4, 0.5) is 4.39 Å². The Morgan fingerprint density at radius 1 is 1.10 bits per heavy atom. The van der Waals surface area contributed by atoms with Crippen molar-refractivity contribution < 1.29 is 18.7 Å². The van der Waals surface area contributed by atoms with Gasteiger partial charge < -0.3 is 9.47 Å². The van der Waals surface area contributed by atoms with Crippen LogP contribution in [-0.2, 0) is 0 Å². The average molecular weight is 288 g/mol. The van der Waals surface area contributed by atoms with E-state index < -0.39 is 6.10 Å². The summed E-state index contributed by atoms with van der Waals surface area (Å²) in [6.07, 6.45) is -0.650. The number of carbonyl (C=O) groups is 1. The number of halogens is 1. The molecule has 0 aliphatic heterocycles. The van der Waals surface area contributed by atoms with E-state index in [0.29, 0.717) is 22.6 Å². The Labute approximate surface area is 123 Å². The lowest BCUT2D eigenvalue weighted by atomic mass is 10.1. The zero-order chi connectivity index (χ0) is 15.4. The van der Waals surface area contributed by atoms with Gasteiger partial charge in [-0.3, -0.25) is 4.79 Å². The second kappa shape index (κ2) is 6.39.